The van der Waals surface area contributed by atoms with Gasteiger partial charge in [0.1, 0.15) is 5.60 Å². The van der Waals surface area contributed by atoms with E-state index < -0.39 is 17.4 Å². The summed E-state index contributed by atoms with van der Waals surface area (Å²) < 4.78 is 5.49. The Bertz CT molecular complexity index is 1390. The molecule has 2 heterocycles. The molecule has 2 aliphatic heterocycles. The topological polar surface area (TPSA) is 87.2 Å². The number of piperazine rings is 1. The van der Waals surface area contributed by atoms with Gasteiger partial charge in [0.15, 0.2) is 11.6 Å². The predicted molar refractivity (Wildman–Crippen MR) is 169 cm³/mol. The molecule has 0 spiro atoms. The number of hydrogen-bond donors (Lipinski definition) is 0. The van der Waals surface area contributed by atoms with Crippen LogP contribution in [-0.4, -0.2) is 89.7 Å². The van der Waals surface area contributed by atoms with Crippen molar-refractivity contribution < 1.29 is 23.9 Å². The predicted octanol–water partition coefficient (Wildman–Crippen LogP) is 5.16. The first kappa shape index (κ1) is 31.1. The molecule has 8 nitrogen and oxygen atoms in total. The highest BCUT2D eigenvalue weighted by molar-refractivity contribution is 6.02. The Morgan fingerprint density at radius 2 is 1.09 bits per heavy atom. The molecule has 2 saturated heterocycles. The Morgan fingerprint density at radius 3 is 1.55 bits per heavy atom. The molecule has 3 aromatic carbocycles. The molecule has 5 rings (SSSR count). The lowest BCUT2D eigenvalue weighted by molar-refractivity contribution is -0.134. The number of ketones is 2. The fourth-order valence-corrected chi connectivity index (χ4v) is 6.29. The van der Waals surface area contributed by atoms with E-state index in [4.69, 9.17) is 4.74 Å². The third kappa shape index (κ3) is 7.42. The van der Waals surface area contributed by atoms with Crippen molar-refractivity contribution >= 4 is 23.6 Å². The maximum absolute atomic E-state index is 14.1. The molecular weight excluding hydrogens is 554 g/mol. The average Bonchev–Trinajstić information content (AvgIpc) is 3.04. The van der Waals surface area contributed by atoms with Crippen LogP contribution in [0.15, 0.2) is 91.0 Å². The molecule has 44 heavy (non-hydrogen) atoms. The normalized spacial score (nSPS) is 19.8. The van der Waals surface area contributed by atoms with Crippen molar-refractivity contribution in [1.82, 2.24) is 14.7 Å². The quantitative estimate of drug-likeness (QED) is 0.351. The molecule has 2 aliphatic rings. The van der Waals surface area contributed by atoms with Crippen LogP contribution in [0.25, 0.3) is 0 Å². The first-order valence-electron chi connectivity index (χ1n) is 15.3. The first-order valence-corrected chi connectivity index (χ1v) is 15.3. The summed E-state index contributed by atoms with van der Waals surface area (Å²) in [6.07, 6.45) is -0.378. The van der Waals surface area contributed by atoms with Crippen LogP contribution >= 0.6 is 0 Å². The van der Waals surface area contributed by atoms with Crippen molar-refractivity contribution in [1.29, 1.82) is 0 Å². The molecule has 0 aromatic heterocycles. The van der Waals surface area contributed by atoms with E-state index in [2.05, 4.69) is 0 Å². The zero-order valence-electron chi connectivity index (χ0n) is 25.7. The van der Waals surface area contributed by atoms with Crippen LogP contribution in [0.1, 0.15) is 53.0 Å². The molecule has 0 aliphatic carbocycles. The molecule has 2 fully saturated rings. The lowest BCUT2D eigenvalue weighted by atomic mass is 9.68. The van der Waals surface area contributed by atoms with Crippen LogP contribution < -0.4 is 0 Å². The van der Waals surface area contributed by atoms with Crippen LogP contribution in [0.2, 0.25) is 0 Å². The number of ether oxygens (including phenoxy) is 1. The van der Waals surface area contributed by atoms with Crippen molar-refractivity contribution in [3.8, 4) is 0 Å². The first-order chi connectivity index (χ1) is 21.1. The summed E-state index contributed by atoms with van der Waals surface area (Å²) in [6.45, 7) is 7.87. The fraction of sp³-hybridized carbons (Fsp3) is 0.389. The van der Waals surface area contributed by atoms with E-state index >= 15 is 0 Å². The number of piperidine rings is 1. The second-order valence-electron chi connectivity index (χ2n) is 12.7. The number of likely N-dealkylation sites (tertiary alicyclic amines) is 1. The van der Waals surface area contributed by atoms with E-state index in [9.17, 15) is 19.2 Å². The summed E-state index contributed by atoms with van der Waals surface area (Å²) in [5, 5.41) is 0. The Labute approximate surface area is 259 Å². The van der Waals surface area contributed by atoms with Gasteiger partial charge in [-0.1, -0.05) is 91.0 Å². The minimum Gasteiger partial charge on any atom is -0.444 e. The van der Waals surface area contributed by atoms with Gasteiger partial charge < -0.3 is 14.5 Å². The molecule has 2 amide bonds. The van der Waals surface area contributed by atoms with Crippen molar-refractivity contribution in [2.24, 2.45) is 11.8 Å². The summed E-state index contributed by atoms with van der Waals surface area (Å²) in [7, 11) is 0. The molecule has 0 bridgehead atoms. The number of rotatable bonds is 7. The number of benzene rings is 3. The fourth-order valence-electron chi connectivity index (χ4n) is 6.29. The molecule has 0 radical (unpaired) electrons. The molecule has 3 aromatic rings. The Kier molecular flexibility index (Phi) is 9.59. The minimum absolute atomic E-state index is 0.0339. The summed E-state index contributed by atoms with van der Waals surface area (Å²) in [5.74, 6) is -1.54. The lowest BCUT2D eigenvalue weighted by Gasteiger charge is -2.43. The second kappa shape index (κ2) is 13.6. The molecule has 0 saturated carbocycles. The van der Waals surface area contributed by atoms with Gasteiger partial charge in [-0.15, -0.1) is 0 Å². The number of carbonyl (C=O) groups excluding carboxylic acids is 4. The maximum Gasteiger partial charge on any atom is 0.410 e. The Balaban J connectivity index is 1.39. The Hall–Kier alpha value is -4.30. The zero-order chi connectivity index (χ0) is 31.3. The highest BCUT2D eigenvalue weighted by Crippen LogP contribution is 2.40. The largest absolute Gasteiger partial charge is 0.444 e. The number of hydrogen-bond acceptors (Lipinski definition) is 6. The highest BCUT2D eigenvalue weighted by Gasteiger charge is 2.45. The van der Waals surface area contributed by atoms with Gasteiger partial charge in [-0.2, -0.15) is 0 Å². The minimum atomic E-state index is -0.586. The smallest absolute Gasteiger partial charge is 0.410 e. The SMILES string of the molecule is CC(C)(C)OC(=O)N1CCN(C(=O)CN2C[C@H](C(=O)c3ccccc3)C(c3ccccc3)[C@@H](C(=O)c3ccccc3)C2)CC1. The van der Waals surface area contributed by atoms with Crippen LogP contribution in [0.3, 0.4) is 0 Å². The monoisotopic (exact) mass is 595 g/mol. The van der Waals surface area contributed by atoms with E-state index in [1.165, 1.54) is 0 Å². The number of Topliss-reactive ketones (excluding diaryl/α,β-unsaturated/α-hetero) is 2. The summed E-state index contributed by atoms with van der Waals surface area (Å²) >= 11 is 0. The molecule has 2 atom stereocenters. The van der Waals surface area contributed by atoms with Crippen LogP contribution in [0, 0.1) is 11.8 Å². The third-order valence-corrected chi connectivity index (χ3v) is 8.39. The third-order valence-electron chi connectivity index (χ3n) is 8.39. The standard InChI is InChI=1S/C36H41N3O5/c1-36(2,3)44-35(43)39-21-19-38(20-22-39)31(40)25-37-23-29(33(41)27-15-9-5-10-16-27)32(26-13-7-4-8-14-26)30(24-37)34(42)28-17-11-6-12-18-28/h4-18,29-30,32H,19-25H2,1-3H3/t29-,30-/m0/s1. The van der Waals surface area contributed by atoms with Gasteiger partial charge in [0.05, 0.1) is 6.54 Å². The van der Waals surface area contributed by atoms with E-state index in [1.807, 2.05) is 117 Å². The van der Waals surface area contributed by atoms with Crippen LogP contribution in [0.4, 0.5) is 4.79 Å². The number of nitrogens with zero attached hydrogens (tertiary/aromatic N) is 3. The van der Waals surface area contributed by atoms with E-state index in [-0.39, 0.29) is 36.0 Å². The maximum atomic E-state index is 14.1. The van der Waals surface area contributed by atoms with E-state index in [1.54, 1.807) is 9.80 Å². The summed E-state index contributed by atoms with van der Waals surface area (Å²) in [4.78, 5) is 59.7. The molecule has 0 N–H and O–H groups in total. The van der Waals surface area contributed by atoms with Gasteiger partial charge in [-0.25, -0.2) is 4.79 Å². The Morgan fingerprint density at radius 1 is 0.659 bits per heavy atom. The lowest BCUT2D eigenvalue weighted by Crippen LogP contribution is -2.56. The van der Waals surface area contributed by atoms with Crippen LogP contribution in [0.5, 0.6) is 0 Å². The summed E-state index contributed by atoms with van der Waals surface area (Å²) in [5.41, 5.74) is 1.55. The number of amides is 2. The number of carbonyl (C=O) groups is 4. The van der Waals surface area contributed by atoms with Crippen molar-refractivity contribution in [2.45, 2.75) is 32.3 Å². The van der Waals surface area contributed by atoms with Crippen molar-refractivity contribution in [3.63, 3.8) is 0 Å². The van der Waals surface area contributed by atoms with Gasteiger partial charge in [-0.3, -0.25) is 19.3 Å². The van der Waals surface area contributed by atoms with Gasteiger partial charge >= 0.3 is 6.09 Å². The average molecular weight is 596 g/mol. The van der Waals surface area contributed by atoms with Gasteiger partial charge in [0.25, 0.3) is 0 Å². The van der Waals surface area contributed by atoms with Gasteiger partial charge in [0.2, 0.25) is 5.91 Å². The molecular formula is C36H41N3O5. The van der Waals surface area contributed by atoms with Crippen molar-refractivity contribution in [3.05, 3.63) is 108 Å². The zero-order valence-corrected chi connectivity index (χ0v) is 25.7. The van der Waals surface area contributed by atoms with Gasteiger partial charge in [0, 0.05) is 68.1 Å². The molecule has 8 heteroatoms. The van der Waals surface area contributed by atoms with Gasteiger partial charge in [-0.05, 0) is 26.3 Å². The van der Waals surface area contributed by atoms with E-state index in [0.29, 0.717) is 50.4 Å². The second-order valence-corrected chi connectivity index (χ2v) is 12.7. The van der Waals surface area contributed by atoms with Crippen LogP contribution in [-0.2, 0) is 9.53 Å². The van der Waals surface area contributed by atoms with E-state index in [0.717, 1.165) is 5.56 Å². The molecule has 0 unspecified atom stereocenters. The summed E-state index contributed by atoms with van der Waals surface area (Å²) in [6, 6.07) is 28.2. The highest BCUT2D eigenvalue weighted by atomic mass is 16.6. The molecule has 230 valence electrons. The van der Waals surface area contributed by atoms with Crippen molar-refractivity contribution in [2.75, 3.05) is 45.8 Å².